The Bertz CT molecular complexity index is 523. The average Bonchev–Trinajstić information content (AvgIpc) is 3.11. The van der Waals surface area contributed by atoms with Crippen LogP contribution in [-0.4, -0.2) is 21.0 Å². The lowest BCUT2D eigenvalue weighted by Crippen LogP contribution is -2.44. The fourth-order valence-corrected chi connectivity index (χ4v) is 3.81. The number of aryl methyl sites for hydroxylation is 1. The van der Waals surface area contributed by atoms with Gasteiger partial charge in [-0.05, 0) is 37.3 Å². The van der Waals surface area contributed by atoms with Gasteiger partial charge in [0.05, 0.1) is 5.69 Å². The molecule has 17 heavy (non-hydrogen) atoms. The molecule has 0 unspecified atom stereocenters. The summed E-state index contributed by atoms with van der Waals surface area (Å²) in [5, 5.41) is 0. The molecule has 4 nitrogen and oxygen atoms in total. The van der Waals surface area contributed by atoms with Crippen molar-refractivity contribution in [3.05, 3.63) is 29.8 Å². The maximum atomic E-state index is 12.2. The second-order valence-corrected chi connectivity index (χ2v) is 6.33. The molecule has 92 valence electrons. The SMILES string of the molecule is O=S(=O)(NC1CC1)N1CCCc2ccccc21. The lowest BCUT2D eigenvalue weighted by molar-refractivity contribution is 0.571. The summed E-state index contributed by atoms with van der Waals surface area (Å²) in [6.07, 6.45) is 3.79. The van der Waals surface area contributed by atoms with Crippen molar-refractivity contribution in [3.63, 3.8) is 0 Å². The highest BCUT2D eigenvalue weighted by atomic mass is 32.2. The van der Waals surface area contributed by atoms with E-state index in [2.05, 4.69) is 4.72 Å². The molecule has 2 aliphatic rings. The van der Waals surface area contributed by atoms with Gasteiger partial charge in [-0.3, -0.25) is 4.31 Å². The van der Waals surface area contributed by atoms with E-state index in [1.807, 2.05) is 24.3 Å². The van der Waals surface area contributed by atoms with Crippen LogP contribution in [0.4, 0.5) is 5.69 Å². The summed E-state index contributed by atoms with van der Waals surface area (Å²) in [7, 11) is -3.35. The molecular formula is C12H16N2O2S. The Morgan fingerprint density at radius 3 is 2.76 bits per heavy atom. The van der Waals surface area contributed by atoms with Gasteiger partial charge in [0.25, 0.3) is 0 Å². The van der Waals surface area contributed by atoms with Crippen LogP contribution in [0.15, 0.2) is 24.3 Å². The van der Waals surface area contributed by atoms with Crippen LogP contribution in [-0.2, 0) is 16.6 Å². The fraction of sp³-hybridized carbons (Fsp3) is 0.500. The quantitative estimate of drug-likeness (QED) is 0.885. The summed E-state index contributed by atoms with van der Waals surface area (Å²) >= 11 is 0. The zero-order valence-corrected chi connectivity index (χ0v) is 10.4. The van der Waals surface area contributed by atoms with Crippen molar-refractivity contribution in [2.24, 2.45) is 0 Å². The Hall–Kier alpha value is -1.07. The van der Waals surface area contributed by atoms with Crippen molar-refractivity contribution in [1.82, 2.24) is 4.72 Å². The predicted molar refractivity (Wildman–Crippen MR) is 67.2 cm³/mol. The Labute approximate surface area is 102 Å². The highest BCUT2D eigenvalue weighted by Gasteiger charge is 2.32. The molecular weight excluding hydrogens is 236 g/mol. The van der Waals surface area contributed by atoms with Gasteiger partial charge in [-0.1, -0.05) is 18.2 Å². The van der Waals surface area contributed by atoms with Gasteiger partial charge in [0.1, 0.15) is 0 Å². The van der Waals surface area contributed by atoms with Crippen molar-refractivity contribution in [1.29, 1.82) is 0 Å². The Balaban J connectivity index is 1.93. The first-order chi connectivity index (χ1) is 8.17. The van der Waals surface area contributed by atoms with Gasteiger partial charge in [0.2, 0.25) is 0 Å². The van der Waals surface area contributed by atoms with E-state index in [1.54, 1.807) is 0 Å². The number of fused-ring (bicyclic) bond motifs is 1. The Morgan fingerprint density at radius 1 is 1.24 bits per heavy atom. The summed E-state index contributed by atoms with van der Waals surface area (Å²) in [4.78, 5) is 0. The summed E-state index contributed by atoms with van der Waals surface area (Å²) in [5.74, 6) is 0. The maximum Gasteiger partial charge on any atom is 0.301 e. The number of hydrogen-bond acceptors (Lipinski definition) is 2. The molecule has 0 atom stereocenters. The molecule has 1 aromatic carbocycles. The number of benzene rings is 1. The number of nitrogens with one attached hydrogen (secondary N) is 1. The van der Waals surface area contributed by atoms with Crippen molar-refractivity contribution in [2.45, 2.75) is 31.7 Å². The van der Waals surface area contributed by atoms with Gasteiger partial charge in [-0.25, -0.2) is 0 Å². The lowest BCUT2D eigenvalue weighted by Gasteiger charge is -2.30. The van der Waals surface area contributed by atoms with Crippen molar-refractivity contribution < 1.29 is 8.42 Å². The first-order valence-corrected chi connectivity index (χ1v) is 7.49. The Morgan fingerprint density at radius 2 is 2.00 bits per heavy atom. The number of hydrogen-bond donors (Lipinski definition) is 1. The molecule has 0 aromatic heterocycles. The van der Waals surface area contributed by atoms with Crippen LogP contribution in [0.3, 0.4) is 0 Å². The molecule has 1 aliphatic heterocycles. The van der Waals surface area contributed by atoms with Crippen molar-refractivity contribution in [3.8, 4) is 0 Å². The summed E-state index contributed by atoms with van der Waals surface area (Å²) in [6, 6.07) is 7.91. The van der Waals surface area contributed by atoms with Gasteiger partial charge < -0.3 is 0 Å². The van der Waals surface area contributed by atoms with Gasteiger partial charge in [0.15, 0.2) is 0 Å². The highest BCUT2D eigenvalue weighted by Crippen LogP contribution is 2.30. The van der Waals surface area contributed by atoms with Gasteiger partial charge in [0, 0.05) is 12.6 Å². The molecule has 0 bridgehead atoms. The van der Waals surface area contributed by atoms with Crippen LogP contribution in [0.25, 0.3) is 0 Å². The van der Waals surface area contributed by atoms with Crippen LogP contribution in [0, 0.1) is 0 Å². The van der Waals surface area contributed by atoms with Crippen molar-refractivity contribution >= 4 is 15.9 Å². The van der Waals surface area contributed by atoms with E-state index in [9.17, 15) is 8.42 Å². The zero-order valence-electron chi connectivity index (χ0n) is 9.59. The molecule has 1 fully saturated rings. The molecule has 1 N–H and O–H groups in total. The van der Waals surface area contributed by atoms with Crippen LogP contribution in [0.1, 0.15) is 24.8 Å². The third kappa shape index (κ3) is 2.17. The maximum absolute atomic E-state index is 12.2. The molecule has 1 heterocycles. The van der Waals surface area contributed by atoms with E-state index in [-0.39, 0.29) is 6.04 Å². The molecule has 3 rings (SSSR count). The van der Waals surface area contributed by atoms with Gasteiger partial charge in [-0.2, -0.15) is 13.1 Å². The van der Waals surface area contributed by atoms with Crippen LogP contribution < -0.4 is 9.03 Å². The zero-order chi connectivity index (χ0) is 11.9. The minimum absolute atomic E-state index is 0.161. The molecule has 1 saturated carbocycles. The van der Waals surface area contributed by atoms with E-state index in [0.717, 1.165) is 36.9 Å². The highest BCUT2D eigenvalue weighted by molar-refractivity contribution is 7.90. The van der Waals surface area contributed by atoms with Gasteiger partial charge in [-0.15, -0.1) is 0 Å². The number of rotatable bonds is 3. The molecule has 1 aliphatic carbocycles. The van der Waals surface area contributed by atoms with Crippen LogP contribution in [0.5, 0.6) is 0 Å². The van der Waals surface area contributed by atoms with E-state index >= 15 is 0 Å². The van der Waals surface area contributed by atoms with E-state index in [0.29, 0.717) is 6.54 Å². The monoisotopic (exact) mass is 252 g/mol. The first-order valence-electron chi connectivity index (χ1n) is 6.05. The summed E-state index contributed by atoms with van der Waals surface area (Å²) in [5.41, 5.74) is 1.96. The van der Waals surface area contributed by atoms with Gasteiger partial charge >= 0.3 is 10.2 Å². The average molecular weight is 252 g/mol. The third-order valence-corrected chi connectivity index (χ3v) is 4.84. The molecule has 1 aromatic rings. The van der Waals surface area contributed by atoms with Crippen molar-refractivity contribution in [2.75, 3.05) is 10.8 Å². The van der Waals surface area contributed by atoms with Crippen LogP contribution >= 0.6 is 0 Å². The minimum Gasteiger partial charge on any atom is -0.258 e. The number of anilines is 1. The second-order valence-electron chi connectivity index (χ2n) is 4.70. The van der Waals surface area contributed by atoms with E-state index in [4.69, 9.17) is 0 Å². The second kappa shape index (κ2) is 3.99. The van der Waals surface area contributed by atoms with E-state index < -0.39 is 10.2 Å². The molecule has 0 amide bonds. The number of para-hydroxylation sites is 1. The normalized spacial score (nSPS) is 20.1. The molecule has 5 heteroatoms. The molecule has 0 spiro atoms. The third-order valence-electron chi connectivity index (χ3n) is 3.25. The topological polar surface area (TPSA) is 49.4 Å². The minimum atomic E-state index is -3.35. The van der Waals surface area contributed by atoms with E-state index in [1.165, 1.54) is 4.31 Å². The largest absolute Gasteiger partial charge is 0.301 e. The standard InChI is InChI=1S/C12H16N2O2S/c15-17(16,13-11-7-8-11)14-9-3-5-10-4-1-2-6-12(10)14/h1-2,4,6,11,13H,3,5,7-9H2. The molecule has 0 radical (unpaired) electrons. The van der Waals surface area contributed by atoms with Crippen LogP contribution in [0.2, 0.25) is 0 Å². The first kappa shape index (κ1) is 11.0. The smallest absolute Gasteiger partial charge is 0.258 e. The number of nitrogens with zero attached hydrogens (tertiary/aromatic N) is 1. The molecule has 0 saturated heterocycles. The fourth-order valence-electron chi connectivity index (χ4n) is 2.22. The Kier molecular flexibility index (Phi) is 2.60. The summed E-state index contributed by atoms with van der Waals surface area (Å²) in [6.45, 7) is 0.582. The lowest BCUT2D eigenvalue weighted by atomic mass is 10.0. The summed E-state index contributed by atoms with van der Waals surface area (Å²) < 4.78 is 28.7. The predicted octanol–water partition coefficient (Wildman–Crippen LogP) is 1.44.